The topological polar surface area (TPSA) is 64.3 Å². The van der Waals surface area contributed by atoms with Crippen LogP contribution in [0, 0.1) is 6.92 Å². The molecular weight excluding hydrogens is 260 g/mol. The summed E-state index contributed by atoms with van der Waals surface area (Å²) >= 11 is 1.65. The van der Waals surface area contributed by atoms with Crippen LogP contribution in [0.1, 0.15) is 18.9 Å². The number of thioether (sulfide) groups is 1. The fourth-order valence-electron chi connectivity index (χ4n) is 2.10. The number of carbonyl (C=O) groups is 1. The highest BCUT2D eigenvalue weighted by atomic mass is 32.2. The van der Waals surface area contributed by atoms with Gasteiger partial charge in [0.05, 0.1) is 23.2 Å². The lowest BCUT2D eigenvalue weighted by Gasteiger charge is -2.14. The van der Waals surface area contributed by atoms with Gasteiger partial charge in [-0.3, -0.25) is 4.79 Å². The van der Waals surface area contributed by atoms with Gasteiger partial charge in [0.25, 0.3) is 0 Å². The highest BCUT2D eigenvalue weighted by Gasteiger charge is 2.25. The molecule has 0 radical (unpaired) electrons. The van der Waals surface area contributed by atoms with Gasteiger partial charge >= 0.3 is 0 Å². The summed E-state index contributed by atoms with van der Waals surface area (Å²) in [4.78, 5) is 11.9. The fraction of sp³-hybridized carbons (Fsp3) is 0.500. The molecule has 0 bridgehead atoms. The molecule has 1 amide bonds. The number of benzene rings is 1. The van der Waals surface area contributed by atoms with Crippen LogP contribution in [0.25, 0.3) is 0 Å². The molecule has 19 heavy (non-hydrogen) atoms. The first-order valence-electron chi connectivity index (χ1n) is 6.45. The number of amides is 1. The first-order chi connectivity index (χ1) is 9.06. The maximum absolute atomic E-state index is 11.9. The molecule has 5 heteroatoms. The summed E-state index contributed by atoms with van der Waals surface area (Å²) in [5.41, 5.74) is 8.25. The summed E-state index contributed by atoms with van der Waals surface area (Å²) in [6.45, 7) is 4.82. The average molecular weight is 280 g/mol. The number of nitrogen functional groups attached to an aromatic ring is 1. The first-order valence-corrected chi connectivity index (χ1v) is 7.50. The summed E-state index contributed by atoms with van der Waals surface area (Å²) in [5, 5.41) is 3.27. The zero-order chi connectivity index (χ0) is 13.8. The van der Waals surface area contributed by atoms with E-state index in [4.69, 9.17) is 10.5 Å². The molecule has 1 aromatic rings. The van der Waals surface area contributed by atoms with Gasteiger partial charge in [0.2, 0.25) is 5.91 Å². The van der Waals surface area contributed by atoms with Crippen LogP contribution < -0.4 is 11.1 Å². The van der Waals surface area contributed by atoms with Crippen molar-refractivity contribution in [3.63, 3.8) is 0 Å². The van der Waals surface area contributed by atoms with E-state index in [-0.39, 0.29) is 12.0 Å². The van der Waals surface area contributed by atoms with Crippen molar-refractivity contribution in [2.75, 3.05) is 23.4 Å². The summed E-state index contributed by atoms with van der Waals surface area (Å²) in [6, 6.07) is 5.64. The molecule has 2 rings (SSSR count). The Kier molecular flexibility index (Phi) is 4.71. The molecule has 0 saturated carbocycles. The van der Waals surface area contributed by atoms with E-state index in [2.05, 4.69) is 12.2 Å². The molecule has 4 nitrogen and oxygen atoms in total. The van der Waals surface area contributed by atoms with E-state index in [0.29, 0.717) is 22.4 Å². The van der Waals surface area contributed by atoms with Gasteiger partial charge in [0, 0.05) is 11.9 Å². The van der Waals surface area contributed by atoms with Gasteiger partial charge in [-0.05, 0) is 38.0 Å². The van der Waals surface area contributed by atoms with Crippen LogP contribution in [0.15, 0.2) is 18.2 Å². The van der Waals surface area contributed by atoms with Crippen molar-refractivity contribution in [2.45, 2.75) is 31.6 Å². The lowest BCUT2D eigenvalue weighted by molar-refractivity contribution is -0.113. The van der Waals surface area contributed by atoms with Crippen LogP contribution in [0.3, 0.4) is 0 Å². The molecule has 1 heterocycles. The van der Waals surface area contributed by atoms with Crippen LogP contribution in [-0.4, -0.2) is 29.6 Å². The monoisotopic (exact) mass is 280 g/mol. The van der Waals surface area contributed by atoms with Crippen molar-refractivity contribution >= 4 is 29.0 Å². The van der Waals surface area contributed by atoms with Crippen LogP contribution in [0.5, 0.6) is 0 Å². The third kappa shape index (κ3) is 3.88. The van der Waals surface area contributed by atoms with Gasteiger partial charge in [0.1, 0.15) is 0 Å². The summed E-state index contributed by atoms with van der Waals surface area (Å²) in [5.74, 6) is 0.422. The van der Waals surface area contributed by atoms with Crippen LogP contribution in [0.2, 0.25) is 0 Å². The lowest BCUT2D eigenvalue weighted by atomic mass is 10.2. The van der Waals surface area contributed by atoms with E-state index < -0.39 is 0 Å². The normalized spacial score (nSPS) is 22.4. The number of rotatable bonds is 4. The van der Waals surface area contributed by atoms with Gasteiger partial charge in [-0.2, -0.15) is 0 Å². The predicted molar refractivity (Wildman–Crippen MR) is 80.5 cm³/mol. The Bertz CT molecular complexity index is 465. The predicted octanol–water partition coefficient (Wildman–Crippen LogP) is 2.43. The maximum Gasteiger partial charge on any atom is 0.234 e. The number of nitrogens with one attached hydrogen (secondary N) is 1. The highest BCUT2D eigenvalue weighted by Crippen LogP contribution is 2.26. The quantitative estimate of drug-likeness (QED) is 0.831. The van der Waals surface area contributed by atoms with E-state index in [1.165, 1.54) is 0 Å². The lowest BCUT2D eigenvalue weighted by Crippen LogP contribution is -2.20. The van der Waals surface area contributed by atoms with Gasteiger partial charge in [-0.25, -0.2) is 0 Å². The molecular formula is C14H20N2O2S. The smallest absolute Gasteiger partial charge is 0.234 e. The zero-order valence-corrected chi connectivity index (χ0v) is 12.1. The minimum absolute atomic E-state index is 0.0142. The minimum atomic E-state index is -0.0142. The molecule has 2 atom stereocenters. The van der Waals surface area contributed by atoms with Gasteiger partial charge in [-0.1, -0.05) is 6.07 Å². The number of aryl methyl sites for hydroxylation is 1. The van der Waals surface area contributed by atoms with Crippen molar-refractivity contribution in [1.82, 2.24) is 0 Å². The molecule has 0 spiro atoms. The van der Waals surface area contributed by atoms with Crippen LogP contribution in [0.4, 0.5) is 11.4 Å². The van der Waals surface area contributed by atoms with E-state index in [0.717, 1.165) is 18.6 Å². The van der Waals surface area contributed by atoms with E-state index in [1.807, 2.05) is 25.1 Å². The van der Waals surface area contributed by atoms with E-state index in [9.17, 15) is 4.79 Å². The Morgan fingerprint density at radius 3 is 3.00 bits per heavy atom. The van der Waals surface area contributed by atoms with Gasteiger partial charge in [-0.15, -0.1) is 11.8 Å². The summed E-state index contributed by atoms with van der Waals surface area (Å²) in [6.07, 6.45) is 1.26. The van der Waals surface area contributed by atoms with Crippen molar-refractivity contribution in [3.05, 3.63) is 23.8 Å². The number of anilines is 2. The molecule has 1 aliphatic rings. The molecule has 0 aliphatic carbocycles. The van der Waals surface area contributed by atoms with Crippen molar-refractivity contribution in [3.8, 4) is 0 Å². The second-order valence-electron chi connectivity index (χ2n) is 4.85. The van der Waals surface area contributed by atoms with Crippen molar-refractivity contribution < 1.29 is 9.53 Å². The SMILES string of the molecule is Cc1ccc(NC(=O)CSC2CCOC2C)c(N)c1. The molecule has 0 aromatic heterocycles. The molecule has 1 aromatic carbocycles. The van der Waals surface area contributed by atoms with Crippen LogP contribution >= 0.6 is 11.8 Å². The van der Waals surface area contributed by atoms with E-state index >= 15 is 0 Å². The highest BCUT2D eigenvalue weighted by molar-refractivity contribution is 8.00. The molecule has 1 saturated heterocycles. The fourth-order valence-corrected chi connectivity index (χ4v) is 3.15. The Labute approximate surface area is 118 Å². The van der Waals surface area contributed by atoms with Crippen molar-refractivity contribution in [2.24, 2.45) is 0 Å². The number of carbonyl (C=O) groups excluding carboxylic acids is 1. The number of nitrogens with two attached hydrogens (primary N) is 1. The number of ether oxygens (including phenoxy) is 1. The minimum Gasteiger partial charge on any atom is -0.397 e. The molecule has 3 N–H and O–H groups in total. The third-order valence-corrected chi connectivity index (χ3v) is 4.69. The Hall–Kier alpha value is -1.20. The second kappa shape index (κ2) is 6.30. The largest absolute Gasteiger partial charge is 0.397 e. The molecule has 104 valence electrons. The third-order valence-electron chi connectivity index (χ3n) is 3.22. The summed E-state index contributed by atoms with van der Waals surface area (Å²) < 4.78 is 5.48. The second-order valence-corrected chi connectivity index (χ2v) is 6.08. The maximum atomic E-state index is 11.9. The number of hydrogen-bond donors (Lipinski definition) is 2. The van der Waals surface area contributed by atoms with E-state index in [1.54, 1.807) is 11.8 Å². The molecule has 1 fully saturated rings. The molecule has 1 aliphatic heterocycles. The number of hydrogen-bond acceptors (Lipinski definition) is 4. The van der Waals surface area contributed by atoms with Gasteiger partial charge in [0.15, 0.2) is 0 Å². The zero-order valence-electron chi connectivity index (χ0n) is 11.3. The van der Waals surface area contributed by atoms with Gasteiger partial charge < -0.3 is 15.8 Å². The standard InChI is InChI=1S/C14H20N2O2S/c1-9-3-4-12(11(15)7-9)16-14(17)8-19-13-5-6-18-10(13)2/h3-4,7,10,13H,5-6,8,15H2,1-2H3,(H,16,17). The summed E-state index contributed by atoms with van der Waals surface area (Å²) in [7, 11) is 0. The Morgan fingerprint density at radius 1 is 1.58 bits per heavy atom. The Morgan fingerprint density at radius 2 is 2.37 bits per heavy atom. The first kappa shape index (κ1) is 14.2. The molecule has 2 unspecified atom stereocenters. The van der Waals surface area contributed by atoms with Crippen molar-refractivity contribution in [1.29, 1.82) is 0 Å². The van der Waals surface area contributed by atoms with Crippen LogP contribution in [-0.2, 0) is 9.53 Å². The Balaban J connectivity index is 1.84. The average Bonchev–Trinajstić information content (AvgIpc) is 2.76.